The molecule has 2 aromatic rings. The van der Waals surface area contributed by atoms with Crippen molar-refractivity contribution < 1.29 is 24.5 Å². The second-order valence-corrected chi connectivity index (χ2v) is 7.22. The van der Waals surface area contributed by atoms with E-state index in [0.29, 0.717) is 17.2 Å². The molecule has 0 bridgehead atoms. The summed E-state index contributed by atoms with van der Waals surface area (Å²) in [6, 6.07) is 6.50. The van der Waals surface area contributed by atoms with Crippen LogP contribution in [0.1, 0.15) is 31.2 Å². The van der Waals surface area contributed by atoms with Crippen molar-refractivity contribution in [1.29, 1.82) is 0 Å². The Kier molecular flexibility index (Phi) is 4.48. The lowest BCUT2D eigenvalue weighted by Crippen LogP contribution is -2.60. The van der Waals surface area contributed by atoms with E-state index in [1.54, 1.807) is 19.1 Å². The predicted molar refractivity (Wildman–Crippen MR) is 95.3 cm³/mol. The second-order valence-electron chi connectivity index (χ2n) is 7.22. The zero-order valence-electron chi connectivity index (χ0n) is 14.5. The molecule has 1 saturated carbocycles. The summed E-state index contributed by atoms with van der Waals surface area (Å²) >= 11 is 0. The number of nitrogens with one attached hydrogen (secondary N) is 1. The summed E-state index contributed by atoms with van der Waals surface area (Å²) < 4.78 is 10.9. The standard InChI is InChI=1S/C19H23NO6/c1-9-17(19(24)18(23)15(8-21)25-9)20-11-4-5-12-13(10-2-3-10)7-16(22)26-14(12)6-11/h4-7,9-10,15,17-21,23-24H,2-3,8H2,1H3. The van der Waals surface area contributed by atoms with E-state index in [2.05, 4.69) is 5.32 Å². The van der Waals surface area contributed by atoms with Gasteiger partial charge in [0.1, 0.15) is 23.9 Å². The topological polar surface area (TPSA) is 112 Å². The highest BCUT2D eigenvalue weighted by molar-refractivity contribution is 5.84. The molecule has 26 heavy (non-hydrogen) atoms. The van der Waals surface area contributed by atoms with Crippen LogP contribution in [0.4, 0.5) is 5.69 Å². The average molecular weight is 361 g/mol. The maximum Gasteiger partial charge on any atom is 0.336 e. The van der Waals surface area contributed by atoms with Gasteiger partial charge in [-0.25, -0.2) is 4.79 Å². The average Bonchev–Trinajstić information content (AvgIpc) is 3.45. The lowest BCUT2D eigenvalue weighted by Gasteiger charge is -2.41. The molecule has 140 valence electrons. The fourth-order valence-corrected chi connectivity index (χ4v) is 3.71. The van der Waals surface area contributed by atoms with Crippen LogP contribution in [0.3, 0.4) is 0 Å². The van der Waals surface area contributed by atoms with Gasteiger partial charge >= 0.3 is 5.63 Å². The van der Waals surface area contributed by atoms with Crippen molar-refractivity contribution in [2.24, 2.45) is 0 Å². The van der Waals surface area contributed by atoms with Gasteiger partial charge in [-0.2, -0.15) is 0 Å². The first kappa shape index (κ1) is 17.5. The van der Waals surface area contributed by atoms with Crippen molar-refractivity contribution in [1.82, 2.24) is 0 Å². The summed E-state index contributed by atoms with van der Waals surface area (Å²) in [4.78, 5) is 11.9. The molecule has 0 spiro atoms. The monoisotopic (exact) mass is 361 g/mol. The van der Waals surface area contributed by atoms with Crippen LogP contribution in [0.5, 0.6) is 0 Å². The molecule has 1 aliphatic carbocycles. The molecule has 1 aromatic carbocycles. The molecule has 4 rings (SSSR count). The van der Waals surface area contributed by atoms with Gasteiger partial charge in [0.05, 0.1) is 18.8 Å². The molecule has 4 N–H and O–H groups in total. The molecule has 7 heteroatoms. The molecule has 1 saturated heterocycles. The molecule has 7 nitrogen and oxygen atoms in total. The van der Waals surface area contributed by atoms with Crippen molar-refractivity contribution in [3.8, 4) is 0 Å². The fourth-order valence-electron chi connectivity index (χ4n) is 3.71. The molecule has 2 fully saturated rings. The lowest BCUT2D eigenvalue weighted by molar-refractivity contribution is -0.180. The van der Waals surface area contributed by atoms with Gasteiger partial charge < -0.3 is 29.8 Å². The van der Waals surface area contributed by atoms with E-state index in [-0.39, 0.29) is 12.2 Å². The molecule has 1 aliphatic heterocycles. The van der Waals surface area contributed by atoms with Crippen molar-refractivity contribution in [3.63, 3.8) is 0 Å². The number of aliphatic hydroxyl groups is 3. The van der Waals surface area contributed by atoms with Crippen LogP contribution in [0.15, 0.2) is 33.5 Å². The Bertz CT molecular complexity index is 861. The molecular formula is C19H23NO6. The third-order valence-corrected chi connectivity index (χ3v) is 5.30. The summed E-state index contributed by atoms with van der Waals surface area (Å²) in [5, 5.41) is 33.8. The number of ether oxygens (including phenoxy) is 1. The molecule has 1 aromatic heterocycles. The van der Waals surface area contributed by atoms with Gasteiger partial charge in [-0.15, -0.1) is 0 Å². The predicted octanol–water partition coefficient (Wildman–Crippen LogP) is 0.952. The van der Waals surface area contributed by atoms with Crippen LogP contribution < -0.4 is 10.9 Å². The molecular weight excluding hydrogens is 338 g/mol. The number of rotatable bonds is 4. The first-order valence-corrected chi connectivity index (χ1v) is 8.94. The van der Waals surface area contributed by atoms with Gasteiger partial charge in [0.15, 0.2) is 0 Å². The van der Waals surface area contributed by atoms with Gasteiger partial charge in [0.2, 0.25) is 0 Å². The van der Waals surface area contributed by atoms with Crippen LogP contribution >= 0.6 is 0 Å². The minimum Gasteiger partial charge on any atom is -0.423 e. The minimum absolute atomic E-state index is 0.361. The normalized spacial score (nSPS) is 31.9. The van der Waals surface area contributed by atoms with Crippen LogP contribution in [-0.2, 0) is 4.74 Å². The van der Waals surface area contributed by atoms with Crippen molar-refractivity contribution in [3.05, 3.63) is 40.2 Å². The van der Waals surface area contributed by atoms with Gasteiger partial charge in [0.25, 0.3) is 0 Å². The number of benzene rings is 1. The minimum atomic E-state index is -1.19. The highest BCUT2D eigenvalue weighted by Crippen LogP contribution is 2.42. The number of hydrogen-bond acceptors (Lipinski definition) is 7. The highest BCUT2D eigenvalue weighted by Gasteiger charge is 2.42. The summed E-state index contributed by atoms with van der Waals surface area (Å²) in [7, 11) is 0. The Hall–Kier alpha value is -1.93. The lowest BCUT2D eigenvalue weighted by atomic mass is 9.93. The molecule has 2 aliphatic rings. The van der Waals surface area contributed by atoms with Gasteiger partial charge in [-0.05, 0) is 43.4 Å². The zero-order chi connectivity index (χ0) is 18.4. The maximum atomic E-state index is 11.9. The Balaban J connectivity index is 1.62. The third-order valence-electron chi connectivity index (χ3n) is 5.30. The quantitative estimate of drug-likeness (QED) is 0.600. The first-order valence-electron chi connectivity index (χ1n) is 8.94. The molecule has 2 heterocycles. The molecule has 0 radical (unpaired) electrons. The van der Waals surface area contributed by atoms with E-state index in [4.69, 9.17) is 9.15 Å². The third kappa shape index (κ3) is 3.12. The second kappa shape index (κ2) is 6.66. The Morgan fingerprint density at radius 1 is 1.19 bits per heavy atom. The Labute approximate surface area is 150 Å². The molecule has 5 unspecified atom stereocenters. The van der Waals surface area contributed by atoms with E-state index in [0.717, 1.165) is 23.8 Å². The first-order chi connectivity index (χ1) is 12.5. The summed E-state index contributed by atoms with van der Waals surface area (Å²) in [5.74, 6) is 0.430. The zero-order valence-corrected chi connectivity index (χ0v) is 14.5. The van der Waals surface area contributed by atoms with E-state index >= 15 is 0 Å². The Morgan fingerprint density at radius 2 is 1.96 bits per heavy atom. The number of anilines is 1. The smallest absolute Gasteiger partial charge is 0.336 e. The van der Waals surface area contributed by atoms with Crippen LogP contribution in [0.2, 0.25) is 0 Å². The van der Waals surface area contributed by atoms with Crippen molar-refractivity contribution in [2.45, 2.75) is 56.1 Å². The van der Waals surface area contributed by atoms with Gasteiger partial charge in [0, 0.05) is 23.2 Å². The van der Waals surface area contributed by atoms with E-state index in [9.17, 15) is 20.1 Å². The van der Waals surface area contributed by atoms with Crippen LogP contribution in [0, 0.1) is 0 Å². The summed E-state index contributed by atoms with van der Waals surface area (Å²) in [5.41, 5.74) is 1.81. The van der Waals surface area contributed by atoms with Crippen molar-refractivity contribution in [2.75, 3.05) is 11.9 Å². The molecule has 0 amide bonds. The van der Waals surface area contributed by atoms with Crippen molar-refractivity contribution >= 4 is 16.7 Å². The fraction of sp³-hybridized carbons (Fsp3) is 0.526. The summed E-state index contributed by atoms with van der Waals surface area (Å²) in [6.45, 7) is 1.40. The molecule has 5 atom stereocenters. The summed E-state index contributed by atoms with van der Waals surface area (Å²) in [6.07, 6.45) is -1.35. The number of hydrogen-bond donors (Lipinski definition) is 4. The highest BCUT2D eigenvalue weighted by atomic mass is 16.5. The van der Waals surface area contributed by atoms with E-state index < -0.39 is 30.5 Å². The maximum absolute atomic E-state index is 11.9. The number of aliphatic hydroxyl groups excluding tert-OH is 3. The van der Waals surface area contributed by atoms with Crippen LogP contribution in [-0.4, -0.2) is 52.4 Å². The number of fused-ring (bicyclic) bond motifs is 1. The van der Waals surface area contributed by atoms with Gasteiger partial charge in [-0.1, -0.05) is 0 Å². The van der Waals surface area contributed by atoms with Gasteiger partial charge in [-0.3, -0.25) is 0 Å². The van der Waals surface area contributed by atoms with E-state index in [1.807, 2.05) is 12.1 Å². The largest absolute Gasteiger partial charge is 0.423 e. The van der Waals surface area contributed by atoms with E-state index in [1.165, 1.54) is 0 Å². The SMILES string of the molecule is CC1OC(CO)C(O)C(O)C1Nc1ccc2c(C3CC3)cc(=O)oc2c1. The van der Waals surface area contributed by atoms with Crippen LogP contribution in [0.25, 0.3) is 11.0 Å². The Morgan fingerprint density at radius 3 is 2.65 bits per heavy atom.